The Kier molecular flexibility index (Phi) is 6.99. The summed E-state index contributed by atoms with van der Waals surface area (Å²) in [6, 6.07) is 7.59. The fourth-order valence-electron chi connectivity index (χ4n) is 4.26. The van der Waals surface area contributed by atoms with Gasteiger partial charge < -0.3 is 10.3 Å². The Labute approximate surface area is 228 Å². The van der Waals surface area contributed by atoms with E-state index in [1.54, 1.807) is 37.9 Å². The lowest BCUT2D eigenvalue weighted by Crippen LogP contribution is -2.10. The minimum absolute atomic E-state index is 0. The van der Waals surface area contributed by atoms with Crippen molar-refractivity contribution in [2.24, 2.45) is 0 Å². The smallest absolute Gasteiger partial charge is 0.224 e. The number of pyridine rings is 3. The molecule has 0 atom stereocenters. The first-order chi connectivity index (χ1) is 18.5. The highest BCUT2D eigenvalue weighted by molar-refractivity contribution is 7.17. The number of nitrogens with zero attached hydrogens (tertiary/aromatic N) is 5. The van der Waals surface area contributed by atoms with E-state index in [2.05, 4.69) is 35.5 Å². The van der Waals surface area contributed by atoms with Crippen LogP contribution in [0.25, 0.3) is 55.2 Å². The molecule has 0 fully saturated rings. The number of rotatable bonds is 7. The summed E-state index contributed by atoms with van der Waals surface area (Å²) in [5.74, 6) is 0.578. The number of Topliss-reactive ketones (excluding diaryl/α,β-unsaturated/α-hetero) is 1. The molecule has 39 heavy (non-hydrogen) atoms. The molecule has 0 aliphatic carbocycles. The number of nitrogens with one attached hydrogen (secondary N) is 3. The molecule has 11 heteroatoms. The number of carbonyl (C=O) groups is 2. The fraction of sp³-hybridized carbons (Fsp3) is 0.179. The largest absolute Gasteiger partial charge is 0.335 e. The number of hydrogen-bond acceptors (Lipinski definition) is 8. The Balaban J connectivity index is 0.00000308. The van der Waals surface area contributed by atoms with E-state index in [-0.39, 0.29) is 19.1 Å². The molecule has 0 aliphatic rings. The van der Waals surface area contributed by atoms with Crippen molar-refractivity contribution in [2.45, 2.75) is 34.1 Å². The fourth-order valence-corrected chi connectivity index (χ4v) is 5.17. The second kappa shape index (κ2) is 10.5. The molecular formula is C28H26N8O2S. The Bertz CT molecular complexity index is 1830. The SMILES string of the molecule is C.CCCC(=O)Nc1cncc(-c2cnc3n[nH]c(-c4nc5c(-c6ccc(C(C)=O)s6)cncc5[nH]4)c3c2)c1. The molecular weight excluding hydrogens is 512 g/mol. The maximum absolute atomic E-state index is 12.0. The van der Waals surface area contributed by atoms with Crippen LogP contribution in [0.15, 0.2) is 55.2 Å². The number of fused-ring (bicyclic) bond motifs is 2. The predicted molar refractivity (Wildman–Crippen MR) is 154 cm³/mol. The van der Waals surface area contributed by atoms with Crippen LogP contribution in [-0.2, 0) is 4.79 Å². The van der Waals surface area contributed by atoms with Gasteiger partial charge in [0.1, 0.15) is 11.2 Å². The molecule has 3 N–H and O–H groups in total. The lowest BCUT2D eigenvalue weighted by Gasteiger charge is -2.07. The van der Waals surface area contributed by atoms with Crippen LogP contribution >= 0.6 is 11.3 Å². The highest BCUT2D eigenvalue weighted by Crippen LogP contribution is 2.35. The maximum Gasteiger partial charge on any atom is 0.224 e. The van der Waals surface area contributed by atoms with E-state index in [1.807, 2.05) is 31.2 Å². The lowest BCUT2D eigenvalue weighted by atomic mass is 10.1. The summed E-state index contributed by atoms with van der Waals surface area (Å²) in [6.45, 7) is 3.52. The monoisotopic (exact) mass is 538 g/mol. The van der Waals surface area contributed by atoms with Crippen molar-refractivity contribution < 1.29 is 9.59 Å². The van der Waals surface area contributed by atoms with Gasteiger partial charge in [0.25, 0.3) is 0 Å². The highest BCUT2D eigenvalue weighted by atomic mass is 32.1. The van der Waals surface area contributed by atoms with Gasteiger partial charge >= 0.3 is 0 Å². The summed E-state index contributed by atoms with van der Waals surface area (Å²) >= 11 is 1.42. The van der Waals surface area contributed by atoms with Crippen molar-refractivity contribution in [1.82, 2.24) is 35.1 Å². The van der Waals surface area contributed by atoms with E-state index >= 15 is 0 Å². The zero-order valence-electron chi connectivity index (χ0n) is 20.6. The van der Waals surface area contributed by atoms with Gasteiger partial charge in [-0.25, -0.2) is 9.97 Å². The summed E-state index contributed by atoms with van der Waals surface area (Å²) < 4.78 is 0. The number of thiophene rings is 1. The minimum atomic E-state index is -0.0454. The second-order valence-electron chi connectivity index (χ2n) is 8.84. The van der Waals surface area contributed by atoms with Crippen LogP contribution in [0.3, 0.4) is 0 Å². The molecule has 6 heterocycles. The van der Waals surface area contributed by atoms with Crippen molar-refractivity contribution in [3.05, 3.63) is 60.1 Å². The van der Waals surface area contributed by atoms with Gasteiger partial charge in [-0.05, 0) is 37.6 Å². The molecule has 6 aromatic heterocycles. The van der Waals surface area contributed by atoms with Gasteiger partial charge in [0, 0.05) is 46.6 Å². The van der Waals surface area contributed by atoms with Crippen LogP contribution in [0, 0.1) is 0 Å². The minimum Gasteiger partial charge on any atom is -0.335 e. The summed E-state index contributed by atoms with van der Waals surface area (Å²) in [6.07, 6.45) is 9.79. The quantitative estimate of drug-likeness (QED) is 0.203. The molecule has 196 valence electrons. The molecule has 0 bridgehead atoms. The highest BCUT2D eigenvalue weighted by Gasteiger charge is 2.18. The van der Waals surface area contributed by atoms with Crippen molar-refractivity contribution in [2.75, 3.05) is 5.32 Å². The normalized spacial score (nSPS) is 11.0. The van der Waals surface area contributed by atoms with Crippen LogP contribution in [0.1, 0.15) is 43.8 Å². The van der Waals surface area contributed by atoms with Crippen LogP contribution in [0.2, 0.25) is 0 Å². The average Bonchev–Trinajstić information content (AvgIpc) is 3.66. The molecule has 0 aliphatic heterocycles. The molecule has 0 spiro atoms. The lowest BCUT2D eigenvalue weighted by molar-refractivity contribution is -0.116. The first kappa shape index (κ1) is 25.9. The van der Waals surface area contributed by atoms with Gasteiger partial charge in [-0.15, -0.1) is 11.3 Å². The van der Waals surface area contributed by atoms with Gasteiger partial charge in [-0.2, -0.15) is 5.10 Å². The number of aromatic amines is 2. The molecule has 0 saturated carbocycles. The van der Waals surface area contributed by atoms with Gasteiger partial charge in [-0.1, -0.05) is 14.4 Å². The Hall–Kier alpha value is -4.77. The number of ketones is 1. The number of aromatic nitrogens is 7. The Morgan fingerprint density at radius 1 is 1.03 bits per heavy atom. The van der Waals surface area contributed by atoms with Gasteiger partial charge in [0.15, 0.2) is 17.3 Å². The Morgan fingerprint density at radius 3 is 2.64 bits per heavy atom. The third-order valence-corrected chi connectivity index (χ3v) is 7.31. The topological polar surface area (TPSA) is 142 Å². The van der Waals surface area contributed by atoms with Gasteiger partial charge in [-0.3, -0.25) is 24.7 Å². The number of amides is 1. The first-order valence-electron chi connectivity index (χ1n) is 12.0. The molecule has 6 rings (SSSR count). The molecule has 1 amide bonds. The number of hydrogen-bond donors (Lipinski definition) is 3. The summed E-state index contributed by atoms with van der Waals surface area (Å²) in [7, 11) is 0. The standard InChI is InChI=1S/C27H22N8O2S.CH4/c1-3-4-23(37)31-17-7-15(9-28-11-17)16-8-18-25(34-35-26(18)30-10-16)27-32-20-13-29-12-19(24(20)33-27)22-6-5-21(38-22)14(2)36;/h5-13H,3-4H2,1-2H3,(H,31,37)(H,32,33)(H,30,34,35);1H4. The molecule has 6 aromatic rings. The van der Waals surface area contributed by atoms with Crippen molar-refractivity contribution in [3.8, 4) is 33.1 Å². The second-order valence-corrected chi connectivity index (χ2v) is 9.93. The van der Waals surface area contributed by atoms with Gasteiger partial charge in [0.2, 0.25) is 5.91 Å². The number of anilines is 1. The molecule has 0 aromatic carbocycles. The van der Waals surface area contributed by atoms with E-state index in [0.29, 0.717) is 34.2 Å². The third-order valence-electron chi connectivity index (χ3n) is 6.09. The summed E-state index contributed by atoms with van der Waals surface area (Å²) in [5, 5.41) is 11.1. The summed E-state index contributed by atoms with van der Waals surface area (Å²) in [4.78, 5) is 46.8. The Morgan fingerprint density at radius 2 is 1.85 bits per heavy atom. The van der Waals surface area contributed by atoms with E-state index < -0.39 is 0 Å². The van der Waals surface area contributed by atoms with Crippen molar-refractivity contribution >= 4 is 50.8 Å². The van der Waals surface area contributed by atoms with E-state index in [9.17, 15) is 9.59 Å². The van der Waals surface area contributed by atoms with E-state index in [1.165, 1.54) is 11.3 Å². The predicted octanol–water partition coefficient (Wildman–Crippen LogP) is 6.26. The van der Waals surface area contributed by atoms with Gasteiger partial charge in [0.05, 0.1) is 33.9 Å². The van der Waals surface area contributed by atoms with Crippen LogP contribution in [0.4, 0.5) is 5.69 Å². The zero-order valence-corrected chi connectivity index (χ0v) is 21.4. The summed E-state index contributed by atoms with van der Waals surface area (Å²) in [5.41, 5.74) is 5.87. The average molecular weight is 539 g/mol. The maximum atomic E-state index is 12.0. The molecule has 0 unspecified atom stereocenters. The van der Waals surface area contributed by atoms with Crippen LogP contribution in [0.5, 0.6) is 0 Å². The number of carbonyl (C=O) groups excluding carboxylic acids is 2. The number of imidazole rings is 1. The van der Waals surface area contributed by atoms with Crippen LogP contribution in [-0.4, -0.2) is 46.8 Å². The molecule has 0 radical (unpaired) electrons. The third kappa shape index (κ3) is 4.91. The van der Waals surface area contributed by atoms with Crippen molar-refractivity contribution in [3.63, 3.8) is 0 Å². The number of H-pyrrole nitrogens is 2. The first-order valence-corrected chi connectivity index (χ1v) is 12.9. The van der Waals surface area contributed by atoms with E-state index in [4.69, 9.17) is 4.98 Å². The van der Waals surface area contributed by atoms with Crippen molar-refractivity contribution in [1.29, 1.82) is 0 Å². The molecule has 0 saturated heterocycles. The van der Waals surface area contributed by atoms with Crippen LogP contribution < -0.4 is 5.32 Å². The zero-order chi connectivity index (χ0) is 26.2. The van der Waals surface area contributed by atoms with E-state index in [0.717, 1.165) is 44.4 Å². The molecule has 10 nitrogen and oxygen atoms in total.